The Morgan fingerprint density at radius 1 is 1.13 bits per heavy atom. The number of nitrogens with one attached hydrogen (secondary N) is 2. The van der Waals surface area contributed by atoms with Crippen LogP contribution < -0.4 is 10.9 Å². The fourth-order valence-corrected chi connectivity index (χ4v) is 4.10. The van der Waals surface area contributed by atoms with Gasteiger partial charge in [0.15, 0.2) is 0 Å². The Morgan fingerprint density at radius 2 is 1.80 bits per heavy atom. The molecule has 1 heterocycles. The normalized spacial score (nSPS) is 17.5. The second-order valence-corrected chi connectivity index (χ2v) is 10.8. The Morgan fingerprint density at radius 3 is 2.40 bits per heavy atom. The first kappa shape index (κ1) is 23.8. The lowest BCUT2D eigenvalue weighted by Crippen LogP contribution is -2.51. The molecule has 1 atom stereocenters. The average Bonchev–Trinajstić information content (AvgIpc) is 2.70. The molecule has 1 fully saturated rings. The van der Waals surface area contributed by atoms with Gasteiger partial charge < -0.3 is 4.90 Å². The van der Waals surface area contributed by atoms with E-state index in [1.165, 1.54) is 38.4 Å². The van der Waals surface area contributed by atoms with Gasteiger partial charge in [-0.25, -0.2) is 12.7 Å². The van der Waals surface area contributed by atoms with E-state index < -0.39 is 27.3 Å². The Labute approximate surface area is 177 Å². The largest absolute Gasteiger partial charge is 0.341 e. The summed E-state index contributed by atoms with van der Waals surface area (Å²) in [6, 6.07) is 5.57. The van der Waals surface area contributed by atoms with Crippen molar-refractivity contribution in [3.8, 4) is 0 Å². The second kappa shape index (κ2) is 9.13. The number of hydrazine groups is 1. The van der Waals surface area contributed by atoms with Crippen molar-refractivity contribution in [1.29, 1.82) is 0 Å². The van der Waals surface area contributed by atoms with Gasteiger partial charge in [0.1, 0.15) is 0 Å². The highest BCUT2D eigenvalue weighted by Crippen LogP contribution is 2.23. The molecular formula is C20H30N4O5S. The van der Waals surface area contributed by atoms with Crippen LogP contribution in [0.4, 0.5) is 0 Å². The maximum Gasteiger partial charge on any atom is 0.269 e. The monoisotopic (exact) mass is 438 g/mol. The number of nitrogens with zero attached hydrogens (tertiary/aromatic N) is 2. The molecule has 2 N–H and O–H groups in total. The van der Waals surface area contributed by atoms with Gasteiger partial charge in [0.2, 0.25) is 21.8 Å². The van der Waals surface area contributed by atoms with Crippen LogP contribution in [0.1, 0.15) is 44.0 Å². The molecule has 0 radical (unpaired) electrons. The molecule has 1 aromatic rings. The molecule has 1 saturated heterocycles. The number of rotatable bonds is 4. The molecule has 3 amide bonds. The third-order valence-corrected chi connectivity index (χ3v) is 6.71. The molecule has 2 rings (SSSR count). The summed E-state index contributed by atoms with van der Waals surface area (Å²) >= 11 is 0. The summed E-state index contributed by atoms with van der Waals surface area (Å²) in [6.07, 6.45) is 1.32. The first-order chi connectivity index (χ1) is 13.8. The number of sulfonamides is 1. The van der Waals surface area contributed by atoms with Gasteiger partial charge in [-0.3, -0.25) is 25.2 Å². The Kier molecular flexibility index (Phi) is 7.25. The molecule has 0 spiro atoms. The molecule has 30 heavy (non-hydrogen) atoms. The second-order valence-electron chi connectivity index (χ2n) is 8.60. The lowest BCUT2D eigenvalue weighted by Gasteiger charge is -2.35. The molecule has 1 unspecified atom stereocenters. The molecule has 1 aliphatic heterocycles. The van der Waals surface area contributed by atoms with E-state index in [1.54, 1.807) is 4.90 Å². The quantitative estimate of drug-likeness (QED) is 0.680. The fourth-order valence-electron chi connectivity index (χ4n) is 3.15. The minimum atomic E-state index is -3.68. The van der Waals surface area contributed by atoms with Crippen LogP contribution in [0, 0.1) is 11.3 Å². The minimum absolute atomic E-state index is 0.0112. The minimum Gasteiger partial charge on any atom is -0.341 e. The predicted molar refractivity (Wildman–Crippen MR) is 112 cm³/mol. The average molecular weight is 439 g/mol. The van der Waals surface area contributed by atoms with E-state index in [1.807, 2.05) is 20.8 Å². The number of hydrogen-bond acceptors (Lipinski definition) is 5. The maximum absolute atomic E-state index is 12.5. The Bertz CT molecular complexity index is 921. The van der Waals surface area contributed by atoms with Crippen LogP contribution in [0.25, 0.3) is 0 Å². The van der Waals surface area contributed by atoms with E-state index in [9.17, 15) is 22.8 Å². The van der Waals surface area contributed by atoms with Crippen LogP contribution in [0.3, 0.4) is 0 Å². The molecule has 0 saturated carbocycles. The third kappa shape index (κ3) is 5.57. The van der Waals surface area contributed by atoms with Crippen LogP contribution in [0.5, 0.6) is 0 Å². The number of likely N-dealkylation sites (tertiary alicyclic amines) is 1. The van der Waals surface area contributed by atoms with Crippen molar-refractivity contribution in [2.45, 2.75) is 38.5 Å². The number of hydrogen-bond donors (Lipinski definition) is 2. The van der Waals surface area contributed by atoms with Crippen molar-refractivity contribution in [3.05, 3.63) is 29.8 Å². The van der Waals surface area contributed by atoms with Crippen molar-refractivity contribution in [2.75, 3.05) is 27.2 Å². The molecule has 1 aliphatic rings. The molecule has 9 nitrogen and oxygen atoms in total. The molecule has 1 aromatic carbocycles. The van der Waals surface area contributed by atoms with Crippen LogP contribution in [0.2, 0.25) is 0 Å². The fraction of sp³-hybridized carbons (Fsp3) is 0.550. The standard InChI is InChI=1S/C20H30N4O5S/c1-20(2,3)19(27)24-11-7-9-15(13-24)18(26)22-21-17(25)14-8-6-10-16(12-14)30(28,29)23(4)5/h6,8,10,12,15H,7,9,11,13H2,1-5H3,(H,21,25)(H,22,26). The van der Waals surface area contributed by atoms with Gasteiger partial charge in [0, 0.05) is 38.2 Å². The van der Waals surface area contributed by atoms with Crippen molar-refractivity contribution in [2.24, 2.45) is 11.3 Å². The van der Waals surface area contributed by atoms with E-state index in [2.05, 4.69) is 10.9 Å². The number of carbonyl (C=O) groups excluding carboxylic acids is 3. The topological polar surface area (TPSA) is 116 Å². The lowest BCUT2D eigenvalue weighted by atomic mass is 9.91. The Balaban J connectivity index is 2.00. The lowest BCUT2D eigenvalue weighted by molar-refractivity contribution is -0.143. The first-order valence-electron chi connectivity index (χ1n) is 9.76. The number of piperidine rings is 1. The van der Waals surface area contributed by atoms with Crippen molar-refractivity contribution in [3.63, 3.8) is 0 Å². The highest BCUT2D eigenvalue weighted by atomic mass is 32.2. The van der Waals surface area contributed by atoms with Crippen LogP contribution in [0.15, 0.2) is 29.2 Å². The molecule has 166 valence electrons. The van der Waals surface area contributed by atoms with Crippen LogP contribution in [-0.2, 0) is 19.6 Å². The summed E-state index contributed by atoms with van der Waals surface area (Å²) in [6.45, 7) is 6.42. The first-order valence-corrected chi connectivity index (χ1v) is 11.2. The summed E-state index contributed by atoms with van der Waals surface area (Å²) in [5, 5.41) is 0. The van der Waals surface area contributed by atoms with Gasteiger partial charge in [-0.15, -0.1) is 0 Å². The third-order valence-electron chi connectivity index (χ3n) is 4.90. The van der Waals surface area contributed by atoms with Gasteiger partial charge in [0.25, 0.3) is 5.91 Å². The van der Waals surface area contributed by atoms with Gasteiger partial charge in [-0.05, 0) is 31.0 Å². The van der Waals surface area contributed by atoms with Gasteiger partial charge >= 0.3 is 0 Å². The summed E-state index contributed by atoms with van der Waals surface area (Å²) in [5.41, 5.74) is 4.30. The van der Waals surface area contributed by atoms with E-state index >= 15 is 0 Å². The van der Waals surface area contributed by atoms with Crippen molar-refractivity contribution < 1.29 is 22.8 Å². The zero-order chi connectivity index (χ0) is 22.7. The number of benzene rings is 1. The summed E-state index contributed by atoms with van der Waals surface area (Å²) in [5.74, 6) is -1.45. The number of amides is 3. The van der Waals surface area contributed by atoms with E-state index in [0.29, 0.717) is 25.9 Å². The molecule has 0 aliphatic carbocycles. The highest BCUT2D eigenvalue weighted by molar-refractivity contribution is 7.89. The summed E-state index contributed by atoms with van der Waals surface area (Å²) in [7, 11) is -0.873. The molecule has 10 heteroatoms. The highest BCUT2D eigenvalue weighted by Gasteiger charge is 2.33. The van der Waals surface area contributed by atoms with Crippen molar-refractivity contribution >= 4 is 27.7 Å². The van der Waals surface area contributed by atoms with Crippen molar-refractivity contribution in [1.82, 2.24) is 20.1 Å². The smallest absolute Gasteiger partial charge is 0.269 e. The predicted octanol–water partition coefficient (Wildman–Crippen LogP) is 0.983. The molecule has 0 bridgehead atoms. The SMILES string of the molecule is CN(C)S(=O)(=O)c1cccc(C(=O)NNC(=O)C2CCCN(C(=O)C(C)(C)C)C2)c1. The van der Waals surface area contributed by atoms with Crippen LogP contribution in [-0.4, -0.2) is 62.5 Å². The number of carbonyl (C=O) groups is 3. The molecule has 0 aromatic heterocycles. The molecular weight excluding hydrogens is 408 g/mol. The zero-order valence-corrected chi connectivity index (χ0v) is 18.9. The van der Waals surface area contributed by atoms with Gasteiger partial charge in [-0.1, -0.05) is 26.8 Å². The van der Waals surface area contributed by atoms with Crippen LogP contribution >= 0.6 is 0 Å². The van der Waals surface area contributed by atoms with E-state index in [-0.39, 0.29) is 22.3 Å². The van der Waals surface area contributed by atoms with Gasteiger partial charge in [0.05, 0.1) is 10.8 Å². The summed E-state index contributed by atoms with van der Waals surface area (Å²) < 4.78 is 25.5. The summed E-state index contributed by atoms with van der Waals surface area (Å²) in [4.78, 5) is 39.0. The maximum atomic E-state index is 12.5. The van der Waals surface area contributed by atoms with E-state index in [4.69, 9.17) is 0 Å². The zero-order valence-electron chi connectivity index (χ0n) is 18.1. The van der Waals surface area contributed by atoms with Gasteiger partial charge in [-0.2, -0.15) is 0 Å². The van der Waals surface area contributed by atoms with E-state index in [0.717, 1.165) is 4.31 Å². The Hall–Kier alpha value is -2.46.